The molecule has 18 heavy (non-hydrogen) atoms. The number of anilines is 1. The Morgan fingerprint density at radius 3 is 2.72 bits per heavy atom. The van der Waals surface area contributed by atoms with E-state index < -0.39 is 0 Å². The van der Waals surface area contributed by atoms with Gasteiger partial charge in [-0.05, 0) is 42.5 Å². The number of benzene rings is 1. The minimum absolute atomic E-state index is 0.266. The largest absolute Gasteiger partial charge is 0.399 e. The van der Waals surface area contributed by atoms with Gasteiger partial charge in [0.05, 0.1) is 0 Å². The van der Waals surface area contributed by atoms with Crippen LogP contribution in [0.3, 0.4) is 0 Å². The summed E-state index contributed by atoms with van der Waals surface area (Å²) in [6, 6.07) is 6.43. The Bertz CT molecular complexity index is 442. The molecule has 0 aliphatic heterocycles. The van der Waals surface area contributed by atoms with Crippen LogP contribution in [0.4, 0.5) is 5.69 Å². The predicted molar refractivity (Wildman–Crippen MR) is 74.3 cm³/mol. The van der Waals surface area contributed by atoms with Crippen LogP contribution in [0.1, 0.15) is 37.8 Å². The Hall–Kier alpha value is -1.51. The highest BCUT2D eigenvalue weighted by Gasteiger charge is 2.28. The van der Waals surface area contributed by atoms with Crippen LogP contribution >= 0.6 is 0 Å². The first-order valence-electron chi connectivity index (χ1n) is 6.82. The topological polar surface area (TPSA) is 46.3 Å². The molecular weight excluding hydrogens is 224 g/mol. The van der Waals surface area contributed by atoms with Crippen molar-refractivity contribution in [3.05, 3.63) is 29.3 Å². The lowest BCUT2D eigenvalue weighted by Crippen LogP contribution is -2.41. The number of hydrogen-bond donors (Lipinski definition) is 1. The SMILES string of the molecule is CCCN(C(=O)CC)C1Cc2ccc(N)cc2C1. The first-order chi connectivity index (χ1) is 8.65. The summed E-state index contributed by atoms with van der Waals surface area (Å²) in [4.78, 5) is 14.1. The van der Waals surface area contributed by atoms with Crippen molar-refractivity contribution < 1.29 is 4.79 Å². The zero-order valence-corrected chi connectivity index (χ0v) is 11.3. The molecule has 0 spiro atoms. The third kappa shape index (κ3) is 2.50. The Morgan fingerprint density at radius 1 is 1.33 bits per heavy atom. The van der Waals surface area contributed by atoms with Crippen LogP contribution in [0, 0.1) is 0 Å². The van der Waals surface area contributed by atoms with E-state index in [4.69, 9.17) is 5.73 Å². The van der Waals surface area contributed by atoms with Gasteiger partial charge in [-0.2, -0.15) is 0 Å². The van der Waals surface area contributed by atoms with E-state index in [-0.39, 0.29) is 5.91 Å². The molecule has 1 atom stereocenters. The van der Waals surface area contributed by atoms with Crippen LogP contribution in [0.2, 0.25) is 0 Å². The van der Waals surface area contributed by atoms with Gasteiger partial charge in [-0.1, -0.05) is 19.9 Å². The molecule has 0 aromatic heterocycles. The minimum Gasteiger partial charge on any atom is -0.399 e. The average Bonchev–Trinajstić information content (AvgIpc) is 2.77. The average molecular weight is 246 g/mol. The van der Waals surface area contributed by atoms with Gasteiger partial charge in [-0.25, -0.2) is 0 Å². The Balaban J connectivity index is 2.14. The number of hydrogen-bond acceptors (Lipinski definition) is 2. The van der Waals surface area contributed by atoms with Crippen LogP contribution in [-0.4, -0.2) is 23.4 Å². The van der Waals surface area contributed by atoms with E-state index in [2.05, 4.69) is 24.0 Å². The van der Waals surface area contributed by atoms with Crippen molar-refractivity contribution in [2.45, 2.75) is 45.6 Å². The fourth-order valence-corrected chi connectivity index (χ4v) is 2.79. The summed E-state index contributed by atoms with van der Waals surface area (Å²) in [5.41, 5.74) is 9.29. The fraction of sp³-hybridized carbons (Fsp3) is 0.533. The van der Waals surface area contributed by atoms with E-state index in [9.17, 15) is 4.79 Å². The van der Waals surface area contributed by atoms with Gasteiger partial charge < -0.3 is 10.6 Å². The molecule has 3 nitrogen and oxygen atoms in total. The van der Waals surface area contributed by atoms with Crippen molar-refractivity contribution >= 4 is 11.6 Å². The number of nitrogens with two attached hydrogens (primary N) is 1. The van der Waals surface area contributed by atoms with Crippen molar-refractivity contribution in [3.8, 4) is 0 Å². The van der Waals surface area contributed by atoms with E-state index in [1.165, 1.54) is 11.1 Å². The van der Waals surface area contributed by atoms with Crippen molar-refractivity contribution in [3.63, 3.8) is 0 Å². The molecule has 0 heterocycles. The molecule has 1 unspecified atom stereocenters. The lowest BCUT2D eigenvalue weighted by Gasteiger charge is -2.28. The zero-order valence-electron chi connectivity index (χ0n) is 11.3. The van der Waals surface area contributed by atoms with E-state index in [0.717, 1.165) is 31.5 Å². The second kappa shape index (κ2) is 5.42. The molecule has 0 saturated carbocycles. The van der Waals surface area contributed by atoms with Crippen LogP contribution in [0.15, 0.2) is 18.2 Å². The molecule has 0 bridgehead atoms. The van der Waals surface area contributed by atoms with Gasteiger partial charge in [-0.3, -0.25) is 4.79 Å². The Morgan fingerprint density at radius 2 is 2.06 bits per heavy atom. The van der Waals surface area contributed by atoms with E-state index in [1.54, 1.807) is 0 Å². The lowest BCUT2D eigenvalue weighted by molar-refractivity contribution is -0.133. The lowest BCUT2D eigenvalue weighted by atomic mass is 10.1. The smallest absolute Gasteiger partial charge is 0.222 e. The molecular formula is C15H22N2O. The van der Waals surface area contributed by atoms with Gasteiger partial charge in [0.2, 0.25) is 5.91 Å². The molecule has 98 valence electrons. The van der Waals surface area contributed by atoms with Gasteiger partial charge in [-0.15, -0.1) is 0 Å². The van der Waals surface area contributed by atoms with Gasteiger partial charge in [0.15, 0.2) is 0 Å². The number of carbonyl (C=O) groups is 1. The van der Waals surface area contributed by atoms with Crippen LogP contribution in [0.25, 0.3) is 0 Å². The van der Waals surface area contributed by atoms with Crippen molar-refractivity contribution in [2.75, 3.05) is 12.3 Å². The molecule has 0 saturated heterocycles. The van der Waals surface area contributed by atoms with Gasteiger partial charge in [0.1, 0.15) is 0 Å². The maximum absolute atomic E-state index is 12.0. The summed E-state index contributed by atoms with van der Waals surface area (Å²) in [7, 11) is 0. The van der Waals surface area contributed by atoms with Crippen molar-refractivity contribution in [1.29, 1.82) is 0 Å². The summed E-state index contributed by atoms with van der Waals surface area (Å²) in [5.74, 6) is 0.266. The second-order valence-corrected chi connectivity index (χ2v) is 5.03. The number of amides is 1. The number of carbonyl (C=O) groups excluding carboxylic acids is 1. The fourth-order valence-electron chi connectivity index (χ4n) is 2.79. The number of fused-ring (bicyclic) bond motifs is 1. The third-order valence-electron chi connectivity index (χ3n) is 3.67. The highest BCUT2D eigenvalue weighted by molar-refractivity contribution is 5.76. The van der Waals surface area contributed by atoms with Crippen LogP contribution < -0.4 is 5.73 Å². The molecule has 0 fully saturated rings. The summed E-state index contributed by atoms with van der Waals surface area (Å²) in [6.45, 7) is 4.92. The van der Waals surface area contributed by atoms with Crippen molar-refractivity contribution in [2.24, 2.45) is 0 Å². The standard InChI is InChI=1S/C15H22N2O/c1-3-7-17(15(18)4-2)14-9-11-5-6-13(16)8-12(11)10-14/h5-6,8,14H,3-4,7,9-10,16H2,1-2H3. The summed E-state index contributed by atoms with van der Waals surface area (Å²) >= 11 is 0. The molecule has 0 radical (unpaired) electrons. The quantitative estimate of drug-likeness (QED) is 0.829. The molecule has 2 N–H and O–H groups in total. The Labute approximate surface area is 109 Å². The monoisotopic (exact) mass is 246 g/mol. The highest BCUT2D eigenvalue weighted by Crippen LogP contribution is 2.27. The maximum atomic E-state index is 12.0. The summed E-state index contributed by atoms with van der Waals surface area (Å²) in [6.07, 6.45) is 3.53. The molecule has 3 heteroatoms. The number of nitrogens with zero attached hydrogens (tertiary/aromatic N) is 1. The molecule has 1 aliphatic rings. The first-order valence-corrected chi connectivity index (χ1v) is 6.82. The second-order valence-electron chi connectivity index (χ2n) is 5.03. The maximum Gasteiger partial charge on any atom is 0.222 e. The normalized spacial score (nSPS) is 17.6. The summed E-state index contributed by atoms with van der Waals surface area (Å²) < 4.78 is 0. The predicted octanol–water partition coefficient (Wildman–Crippen LogP) is 2.38. The van der Waals surface area contributed by atoms with Crippen LogP contribution in [-0.2, 0) is 17.6 Å². The molecule has 1 aromatic carbocycles. The number of rotatable bonds is 4. The van der Waals surface area contributed by atoms with Gasteiger partial charge >= 0.3 is 0 Å². The molecule has 1 aromatic rings. The van der Waals surface area contributed by atoms with E-state index >= 15 is 0 Å². The van der Waals surface area contributed by atoms with Gasteiger partial charge in [0.25, 0.3) is 0 Å². The van der Waals surface area contributed by atoms with Crippen molar-refractivity contribution in [1.82, 2.24) is 4.90 Å². The number of nitrogen functional groups attached to an aromatic ring is 1. The molecule has 1 aliphatic carbocycles. The molecule has 2 rings (SSSR count). The van der Waals surface area contributed by atoms with Crippen LogP contribution in [0.5, 0.6) is 0 Å². The molecule has 1 amide bonds. The Kier molecular flexibility index (Phi) is 3.90. The van der Waals surface area contributed by atoms with E-state index in [0.29, 0.717) is 12.5 Å². The highest BCUT2D eigenvalue weighted by atomic mass is 16.2. The van der Waals surface area contributed by atoms with E-state index in [1.807, 2.05) is 13.0 Å². The third-order valence-corrected chi connectivity index (χ3v) is 3.67. The van der Waals surface area contributed by atoms with Gasteiger partial charge in [0, 0.05) is 24.7 Å². The first kappa shape index (κ1) is 12.9. The minimum atomic E-state index is 0.266. The zero-order chi connectivity index (χ0) is 13.1. The summed E-state index contributed by atoms with van der Waals surface area (Å²) in [5, 5.41) is 0.